The number of hydrogen-bond acceptors (Lipinski definition) is 3. The molecule has 1 saturated heterocycles. The Morgan fingerprint density at radius 3 is 2.31 bits per heavy atom. The lowest BCUT2D eigenvalue weighted by molar-refractivity contribution is -0.143. The van der Waals surface area contributed by atoms with E-state index in [4.69, 9.17) is 0 Å². The summed E-state index contributed by atoms with van der Waals surface area (Å²) in [7, 11) is 0. The summed E-state index contributed by atoms with van der Waals surface area (Å²) in [6, 6.07) is 0. The van der Waals surface area contributed by atoms with Gasteiger partial charge in [-0.3, -0.25) is 14.5 Å². The minimum absolute atomic E-state index is 0.0286. The van der Waals surface area contributed by atoms with E-state index in [9.17, 15) is 9.59 Å². The van der Waals surface area contributed by atoms with Crippen LogP contribution in [0.25, 0.3) is 0 Å². The van der Waals surface area contributed by atoms with Crippen molar-refractivity contribution in [1.29, 1.82) is 0 Å². The standard InChI is InChI=1S/C12H20N2O2/c1-4-13-6-5-7-14-10(15)8-9(11(14)16)12(8,2)3/h8-9,13H,4-7H2,1-3H3. The fourth-order valence-electron chi connectivity index (χ4n) is 2.76. The summed E-state index contributed by atoms with van der Waals surface area (Å²) in [6.07, 6.45) is 0.852. The third-order valence-electron chi connectivity index (χ3n) is 3.88. The number of carbonyl (C=O) groups is 2. The number of imide groups is 1. The molecule has 0 spiro atoms. The van der Waals surface area contributed by atoms with Gasteiger partial charge in [-0.25, -0.2) is 0 Å². The van der Waals surface area contributed by atoms with Gasteiger partial charge < -0.3 is 5.32 Å². The fraction of sp³-hybridized carbons (Fsp3) is 0.833. The number of hydrogen-bond donors (Lipinski definition) is 1. The van der Waals surface area contributed by atoms with Crippen LogP contribution in [0.1, 0.15) is 27.2 Å². The maximum absolute atomic E-state index is 11.9. The highest BCUT2D eigenvalue weighted by Crippen LogP contribution is 2.63. The molecule has 4 heteroatoms. The number of nitrogens with zero attached hydrogens (tertiary/aromatic N) is 1. The first-order chi connectivity index (χ1) is 7.51. The molecule has 2 rings (SSSR count). The first-order valence-electron chi connectivity index (χ1n) is 6.07. The van der Waals surface area contributed by atoms with Crippen LogP contribution < -0.4 is 5.32 Å². The van der Waals surface area contributed by atoms with Gasteiger partial charge in [0.1, 0.15) is 0 Å². The van der Waals surface area contributed by atoms with Crippen molar-refractivity contribution < 1.29 is 9.59 Å². The first kappa shape index (κ1) is 11.6. The molecule has 0 bridgehead atoms. The molecule has 1 aliphatic heterocycles. The molecule has 2 amide bonds. The van der Waals surface area contributed by atoms with Crippen LogP contribution in [0, 0.1) is 17.3 Å². The Labute approximate surface area is 96.4 Å². The quantitative estimate of drug-likeness (QED) is 0.550. The monoisotopic (exact) mass is 224 g/mol. The van der Waals surface area contributed by atoms with Crippen molar-refractivity contribution in [3.63, 3.8) is 0 Å². The van der Waals surface area contributed by atoms with E-state index in [1.165, 1.54) is 4.90 Å². The topological polar surface area (TPSA) is 49.4 Å². The van der Waals surface area contributed by atoms with Crippen molar-refractivity contribution in [1.82, 2.24) is 10.2 Å². The van der Waals surface area contributed by atoms with Gasteiger partial charge in [-0.2, -0.15) is 0 Å². The minimum atomic E-state index is -0.0770. The summed E-state index contributed by atoms with van der Waals surface area (Å²) in [5.74, 6) is 0.0475. The van der Waals surface area contributed by atoms with Crippen molar-refractivity contribution in [2.75, 3.05) is 19.6 Å². The highest BCUT2D eigenvalue weighted by atomic mass is 16.2. The normalized spacial score (nSPS) is 30.8. The zero-order chi connectivity index (χ0) is 11.9. The number of fused-ring (bicyclic) bond motifs is 1. The number of carbonyl (C=O) groups excluding carboxylic acids is 2. The second-order valence-corrected chi connectivity index (χ2v) is 5.31. The molecule has 1 saturated carbocycles. The van der Waals surface area contributed by atoms with E-state index in [0.29, 0.717) is 6.54 Å². The van der Waals surface area contributed by atoms with Gasteiger partial charge in [0.05, 0.1) is 11.8 Å². The predicted molar refractivity (Wildman–Crippen MR) is 60.6 cm³/mol. The Bertz CT molecular complexity index is 301. The molecule has 1 heterocycles. The third-order valence-corrected chi connectivity index (χ3v) is 3.88. The average Bonchev–Trinajstić information content (AvgIpc) is 2.68. The summed E-state index contributed by atoms with van der Waals surface area (Å²) < 4.78 is 0. The number of likely N-dealkylation sites (tertiary alicyclic amines) is 1. The van der Waals surface area contributed by atoms with E-state index in [-0.39, 0.29) is 29.1 Å². The maximum atomic E-state index is 11.9. The van der Waals surface area contributed by atoms with E-state index in [0.717, 1.165) is 19.5 Å². The maximum Gasteiger partial charge on any atom is 0.233 e. The molecule has 2 atom stereocenters. The molecule has 1 aliphatic carbocycles. The van der Waals surface area contributed by atoms with Crippen molar-refractivity contribution in [2.24, 2.45) is 17.3 Å². The molecule has 2 aliphatic rings. The van der Waals surface area contributed by atoms with Crippen LogP contribution in [0.2, 0.25) is 0 Å². The van der Waals surface area contributed by atoms with Crippen LogP contribution >= 0.6 is 0 Å². The number of rotatable bonds is 5. The van der Waals surface area contributed by atoms with Gasteiger partial charge in [-0.15, -0.1) is 0 Å². The highest BCUT2D eigenvalue weighted by molar-refractivity contribution is 6.10. The summed E-state index contributed by atoms with van der Waals surface area (Å²) in [5, 5.41) is 3.19. The molecular formula is C12H20N2O2. The summed E-state index contributed by atoms with van der Waals surface area (Å²) in [6.45, 7) is 8.44. The Hall–Kier alpha value is -0.900. The summed E-state index contributed by atoms with van der Waals surface area (Å²) in [4.78, 5) is 25.3. The Kier molecular flexibility index (Phi) is 2.78. The van der Waals surface area contributed by atoms with Crippen LogP contribution in [0.15, 0.2) is 0 Å². The predicted octanol–water partition coefficient (Wildman–Crippen LogP) is 0.627. The zero-order valence-electron chi connectivity index (χ0n) is 10.2. The molecule has 90 valence electrons. The zero-order valence-corrected chi connectivity index (χ0v) is 10.2. The smallest absolute Gasteiger partial charge is 0.233 e. The second kappa shape index (κ2) is 3.84. The van der Waals surface area contributed by atoms with E-state index in [1.54, 1.807) is 0 Å². The number of amides is 2. The molecule has 0 aromatic carbocycles. The van der Waals surface area contributed by atoms with Crippen LogP contribution in [0.4, 0.5) is 0 Å². The fourth-order valence-corrected chi connectivity index (χ4v) is 2.76. The van der Waals surface area contributed by atoms with Gasteiger partial charge >= 0.3 is 0 Å². The molecular weight excluding hydrogens is 204 g/mol. The Morgan fingerprint density at radius 1 is 1.25 bits per heavy atom. The largest absolute Gasteiger partial charge is 0.317 e. The molecule has 0 aromatic rings. The van der Waals surface area contributed by atoms with Crippen molar-refractivity contribution >= 4 is 11.8 Å². The summed E-state index contributed by atoms with van der Waals surface area (Å²) >= 11 is 0. The first-order valence-corrected chi connectivity index (χ1v) is 6.07. The minimum Gasteiger partial charge on any atom is -0.317 e. The molecule has 2 unspecified atom stereocenters. The van der Waals surface area contributed by atoms with Gasteiger partial charge in [0.2, 0.25) is 11.8 Å². The van der Waals surface area contributed by atoms with Crippen molar-refractivity contribution in [3.05, 3.63) is 0 Å². The van der Waals surface area contributed by atoms with Crippen LogP contribution in [0.5, 0.6) is 0 Å². The van der Waals surface area contributed by atoms with Gasteiger partial charge in [-0.05, 0) is 24.9 Å². The lowest BCUT2D eigenvalue weighted by Crippen LogP contribution is -2.37. The van der Waals surface area contributed by atoms with Crippen molar-refractivity contribution in [2.45, 2.75) is 27.2 Å². The number of piperidine rings is 1. The molecule has 16 heavy (non-hydrogen) atoms. The molecule has 1 N–H and O–H groups in total. The molecule has 4 nitrogen and oxygen atoms in total. The van der Waals surface area contributed by atoms with Gasteiger partial charge in [-0.1, -0.05) is 20.8 Å². The highest BCUT2D eigenvalue weighted by Gasteiger charge is 2.72. The van der Waals surface area contributed by atoms with Crippen LogP contribution in [-0.2, 0) is 9.59 Å². The second-order valence-electron chi connectivity index (χ2n) is 5.31. The van der Waals surface area contributed by atoms with Crippen LogP contribution in [0.3, 0.4) is 0 Å². The van der Waals surface area contributed by atoms with Gasteiger partial charge in [0, 0.05) is 6.54 Å². The molecule has 0 aromatic heterocycles. The number of nitrogens with one attached hydrogen (secondary N) is 1. The third kappa shape index (κ3) is 1.56. The average molecular weight is 224 g/mol. The Morgan fingerprint density at radius 2 is 1.81 bits per heavy atom. The SMILES string of the molecule is CCNCCCN1C(=O)C2C(C1=O)C2(C)C. The molecule has 2 fully saturated rings. The lowest BCUT2D eigenvalue weighted by atomic mass is 10.1. The van der Waals surface area contributed by atoms with Gasteiger partial charge in [0.25, 0.3) is 0 Å². The van der Waals surface area contributed by atoms with E-state index >= 15 is 0 Å². The lowest BCUT2D eigenvalue weighted by Gasteiger charge is -2.20. The van der Waals surface area contributed by atoms with Crippen LogP contribution in [-0.4, -0.2) is 36.3 Å². The van der Waals surface area contributed by atoms with E-state index in [1.807, 2.05) is 20.8 Å². The van der Waals surface area contributed by atoms with Crippen molar-refractivity contribution in [3.8, 4) is 0 Å². The van der Waals surface area contributed by atoms with Gasteiger partial charge in [0.15, 0.2) is 0 Å². The van der Waals surface area contributed by atoms with E-state index in [2.05, 4.69) is 5.32 Å². The molecule has 0 radical (unpaired) electrons. The van der Waals surface area contributed by atoms with E-state index < -0.39 is 0 Å². The Balaban J connectivity index is 1.86. The summed E-state index contributed by atoms with van der Waals surface area (Å²) in [5.41, 5.74) is -0.0770.